The van der Waals surface area contributed by atoms with Gasteiger partial charge in [0.15, 0.2) is 0 Å². The summed E-state index contributed by atoms with van der Waals surface area (Å²) in [6, 6.07) is 6.63. The van der Waals surface area contributed by atoms with Gasteiger partial charge in [-0.15, -0.1) is 11.6 Å². The predicted octanol–water partition coefficient (Wildman–Crippen LogP) is 1.74. The molecule has 0 unspecified atom stereocenters. The Labute approximate surface area is 128 Å². The fourth-order valence-electron chi connectivity index (χ4n) is 2.44. The number of para-hydroxylation sites is 1. The first-order valence-electron chi connectivity index (χ1n) is 7.04. The van der Waals surface area contributed by atoms with Gasteiger partial charge in [0.05, 0.1) is 5.56 Å². The highest BCUT2D eigenvalue weighted by Gasteiger charge is 2.25. The van der Waals surface area contributed by atoms with Crippen LogP contribution in [0.15, 0.2) is 24.3 Å². The number of alkyl halides is 1. The van der Waals surface area contributed by atoms with Crippen molar-refractivity contribution in [3.05, 3.63) is 29.8 Å². The summed E-state index contributed by atoms with van der Waals surface area (Å²) >= 11 is 5.52. The van der Waals surface area contributed by atoms with Crippen LogP contribution in [-0.2, 0) is 4.79 Å². The van der Waals surface area contributed by atoms with E-state index in [9.17, 15) is 14.7 Å². The van der Waals surface area contributed by atoms with Crippen molar-refractivity contribution in [1.82, 2.24) is 10.2 Å². The molecule has 6 heteroatoms. The molecule has 0 bridgehead atoms. The highest BCUT2D eigenvalue weighted by atomic mass is 35.5. The molecule has 0 aromatic heterocycles. The lowest BCUT2D eigenvalue weighted by molar-refractivity contribution is -0.121. The minimum Gasteiger partial charge on any atom is -0.507 e. The number of amides is 2. The van der Waals surface area contributed by atoms with Crippen molar-refractivity contribution in [3.8, 4) is 5.75 Å². The van der Waals surface area contributed by atoms with Crippen LogP contribution in [0.4, 0.5) is 0 Å². The second kappa shape index (κ2) is 7.31. The van der Waals surface area contributed by atoms with E-state index in [1.54, 1.807) is 23.1 Å². The minimum atomic E-state index is -0.168. The van der Waals surface area contributed by atoms with Crippen LogP contribution in [0.5, 0.6) is 5.75 Å². The number of carbonyl (C=O) groups excluding carboxylic acids is 2. The summed E-state index contributed by atoms with van der Waals surface area (Å²) in [6.07, 6.45) is 1.75. The number of carbonyl (C=O) groups is 2. The molecular weight excluding hydrogens is 292 g/mol. The summed E-state index contributed by atoms with van der Waals surface area (Å²) in [6.45, 7) is 1.14. The molecule has 114 valence electrons. The van der Waals surface area contributed by atoms with Gasteiger partial charge in [0.25, 0.3) is 5.91 Å². The smallest absolute Gasteiger partial charge is 0.257 e. The molecule has 1 aromatic rings. The van der Waals surface area contributed by atoms with Gasteiger partial charge in [-0.2, -0.15) is 0 Å². The van der Waals surface area contributed by atoms with E-state index >= 15 is 0 Å². The number of piperidine rings is 1. The number of hydrogen-bond donors (Lipinski definition) is 2. The summed E-state index contributed by atoms with van der Waals surface area (Å²) < 4.78 is 0. The van der Waals surface area contributed by atoms with Crippen LogP contribution >= 0.6 is 11.6 Å². The van der Waals surface area contributed by atoms with E-state index in [1.165, 1.54) is 6.07 Å². The van der Waals surface area contributed by atoms with Gasteiger partial charge in [0, 0.05) is 31.4 Å². The number of hydrogen-bond acceptors (Lipinski definition) is 3. The highest BCUT2D eigenvalue weighted by Crippen LogP contribution is 2.20. The van der Waals surface area contributed by atoms with Crippen LogP contribution < -0.4 is 5.32 Å². The Balaban J connectivity index is 1.88. The van der Waals surface area contributed by atoms with Crippen LogP contribution in [-0.4, -0.2) is 46.8 Å². The Morgan fingerprint density at radius 1 is 1.29 bits per heavy atom. The number of likely N-dealkylation sites (tertiary alicyclic amines) is 1. The number of nitrogens with zero attached hydrogens (tertiary/aromatic N) is 1. The molecule has 21 heavy (non-hydrogen) atoms. The van der Waals surface area contributed by atoms with Crippen LogP contribution in [0.3, 0.4) is 0 Å². The molecule has 2 amide bonds. The zero-order valence-electron chi connectivity index (χ0n) is 11.7. The average molecular weight is 311 g/mol. The van der Waals surface area contributed by atoms with E-state index < -0.39 is 0 Å². The van der Waals surface area contributed by atoms with Gasteiger partial charge in [-0.1, -0.05) is 12.1 Å². The summed E-state index contributed by atoms with van der Waals surface area (Å²) in [7, 11) is 0. The summed E-state index contributed by atoms with van der Waals surface area (Å²) in [4.78, 5) is 25.5. The van der Waals surface area contributed by atoms with E-state index in [-0.39, 0.29) is 23.6 Å². The zero-order valence-corrected chi connectivity index (χ0v) is 12.5. The standard InChI is InChI=1S/C15H19ClN2O3/c16-8-5-14(20)17-11-6-9-18(10-7-11)15(21)12-3-1-2-4-13(12)19/h1-4,11,19H,5-10H2,(H,17,20). The second-order valence-corrected chi connectivity index (χ2v) is 5.47. The number of aromatic hydroxyl groups is 1. The monoisotopic (exact) mass is 310 g/mol. The molecule has 2 rings (SSSR count). The molecule has 0 saturated carbocycles. The molecule has 0 aliphatic carbocycles. The maximum absolute atomic E-state index is 12.3. The van der Waals surface area contributed by atoms with Gasteiger partial charge in [-0.3, -0.25) is 9.59 Å². The van der Waals surface area contributed by atoms with E-state index in [0.29, 0.717) is 43.8 Å². The molecule has 0 atom stereocenters. The van der Waals surface area contributed by atoms with Gasteiger partial charge in [0.2, 0.25) is 5.91 Å². The van der Waals surface area contributed by atoms with Gasteiger partial charge in [-0.05, 0) is 25.0 Å². The van der Waals surface area contributed by atoms with Crippen molar-refractivity contribution in [3.63, 3.8) is 0 Å². The Kier molecular flexibility index (Phi) is 5.44. The summed E-state index contributed by atoms with van der Waals surface area (Å²) in [5.74, 6) is 0.102. The van der Waals surface area contributed by atoms with Crippen LogP contribution in [0.2, 0.25) is 0 Å². The second-order valence-electron chi connectivity index (χ2n) is 5.09. The summed E-state index contributed by atoms with van der Waals surface area (Å²) in [5.41, 5.74) is 0.321. The molecule has 1 aliphatic heterocycles. The van der Waals surface area contributed by atoms with Crippen molar-refractivity contribution in [1.29, 1.82) is 0 Å². The van der Waals surface area contributed by atoms with Crippen molar-refractivity contribution in [2.45, 2.75) is 25.3 Å². The van der Waals surface area contributed by atoms with Crippen LogP contribution in [0.25, 0.3) is 0 Å². The third-order valence-electron chi connectivity index (χ3n) is 3.60. The minimum absolute atomic E-state index is 0.0000358. The van der Waals surface area contributed by atoms with E-state index in [1.807, 2.05) is 0 Å². The third kappa shape index (κ3) is 4.11. The SMILES string of the molecule is O=C(CCCl)NC1CCN(C(=O)c2ccccc2O)CC1. The van der Waals surface area contributed by atoms with E-state index in [2.05, 4.69) is 5.32 Å². The third-order valence-corrected chi connectivity index (χ3v) is 3.79. The maximum atomic E-state index is 12.3. The molecule has 0 radical (unpaired) electrons. The molecule has 1 aromatic carbocycles. The number of rotatable bonds is 4. The number of nitrogens with one attached hydrogen (secondary N) is 1. The van der Waals surface area contributed by atoms with E-state index in [4.69, 9.17) is 11.6 Å². The number of benzene rings is 1. The van der Waals surface area contributed by atoms with E-state index in [0.717, 1.165) is 0 Å². The normalized spacial score (nSPS) is 15.8. The first-order chi connectivity index (χ1) is 10.1. The Hall–Kier alpha value is -1.75. The lowest BCUT2D eigenvalue weighted by Crippen LogP contribution is -2.46. The predicted molar refractivity (Wildman–Crippen MR) is 80.5 cm³/mol. The maximum Gasteiger partial charge on any atom is 0.257 e. The van der Waals surface area contributed by atoms with Gasteiger partial charge in [-0.25, -0.2) is 0 Å². The average Bonchev–Trinajstić information content (AvgIpc) is 2.48. The molecule has 5 nitrogen and oxygen atoms in total. The molecule has 1 fully saturated rings. The molecule has 2 N–H and O–H groups in total. The fraction of sp³-hybridized carbons (Fsp3) is 0.467. The first-order valence-corrected chi connectivity index (χ1v) is 7.58. The Morgan fingerprint density at radius 2 is 1.95 bits per heavy atom. The van der Waals surface area contributed by atoms with Crippen molar-refractivity contribution in [2.24, 2.45) is 0 Å². The molecule has 1 heterocycles. The van der Waals surface area contributed by atoms with Crippen molar-refractivity contribution < 1.29 is 14.7 Å². The van der Waals surface area contributed by atoms with Crippen molar-refractivity contribution >= 4 is 23.4 Å². The summed E-state index contributed by atoms with van der Waals surface area (Å²) in [5, 5.41) is 12.6. The van der Waals surface area contributed by atoms with Gasteiger partial charge in [0.1, 0.15) is 5.75 Å². The topological polar surface area (TPSA) is 69.6 Å². The quantitative estimate of drug-likeness (QED) is 0.832. The van der Waals surface area contributed by atoms with Gasteiger partial charge >= 0.3 is 0 Å². The Bertz CT molecular complexity index is 513. The van der Waals surface area contributed by atoms with Crippen LogP contribution in [0.1, 0.15) is 29.6 Å². The lowest BCUT2D eigenvalue weighted by atomic mass is 10.0. The molecule has 1 saturated heterocycles. The lowest BCUT2D eigenvalue weighted by Gasteiger charge is -2.32. The first kappa shape index (κ1) is 15.6. The zero-order chi connectivity index (χ0) is 15.2. The number of phenols is 1. The largest absolute Gasteiger partial charge is 0.507 e. The van der Waals surface area contributed by atoms with Crippen molar-refractivity contribution in [2.75, 3.05) is 19.0 Å². The molecular formula is C15H19ClN2O3. The number of phenolic OH excluding ortho intramolecular Hbond substituents is 1. The fourth-order valence-corrected chi connectivity index (χ4v) is 2.61. The van der Waals surface area contributed by atoms with Crippen LogP contribution in [0, 0.1) is 0 Å². The molecule has 1 aliphatic rings. The number of halogens is 1. The Morgan fingerprint density at radius 3 is 2.57 bits per heavy atom. The van der Waals surface area contributed by atoms with Gasteiger partial charge < -0.3 is 15.3 Å². The molecule has 0 spiro atoms. The highest BCUT2D eigenvalue weighted by molar-refractivity contribution is 6.18.